The zero-order valence-corrected chi connectivity index (χ0v) is 11.5. The first-order valence-electron chi connectivity index (χ1n) is 5.94. The minimum atomic E-state index is -1.13. The van der Waals surface area contributed by atoms with Crippen LogP contribution >= 0.6 is 11.6 Å². The highest BCUT2D eigenvalue weighted by Gasteiger charge is 2.16. The maximum absolute atomic E-state index is 12.0. The van der Waals surface area contributed by atoms with Crippen LogP contribution in [0.3, 0.4) is 0 Å². The van der Waals surface area contributed by atoms with Crippen LogP contribution < -0.4 is 5.43 Å². The summed E-state index contributed by atoms with van der Waals surface area (Å²) < 4.78 is 1.39. The van der Waals surface area contributed by atoms with E-state index in [1.54, 1.807) is 6.92 Å². The van der Waals surface area contributed by atoms with Gasteiger partial charge < -0.3 is 10.1 Å². The average Bonchev–Trinajstić information content (AvgIpc) is 2.83. The van der Waals surface area contributed by atoms with E-state index >= 15 is 0 Å². The molecule has 0 aliphatic heterocycles. The van der Waals surface area contributed by atoms with Crippen molar-refractivity contribution in [2.24, 2.45) is 0 Å². The van der Waals surface area contributed by atoms with Crippen molar-refractivity contribution in [3.05, 3.63) is 51.0 Å². The molecular weight excluding hydrogens is 296 g/mol. The van der Waals surface area contributed by atoms with Crippen molar-refractivity contribution in [3.63, 3.8) is 0 Å². The molecule has 0 atom stereocenters. The number of carboxylic acids is 1. The number of aryl methyl sites for hydroxylation is 1. The summed E-state index contributed by atoms with van der Waals surface area (Å²) in [6.07, 6.45) is 2.84. The van der Waals surface area contributed by atoms with Crippen LogP contribution in [0.25, 0.3) is 17.0 Å². The molecule has 0 aliphatic rings. The Morgan fingerprint density at radius 1 is 1.38 bits per heavy atom. The smallest absolute Gasteiger partial charge is 0.337 e. The topological polar surface area (TPSA) is 100 Å². The lowest BCUT2D eigenvalue weighted by molar-refractivity contribution is 0.0696. The number of aromatic amines is 1. The molecule has 0 aromatic carbocycles. The molecule has 2 N–H and O–H groups in total. The van der Waals surface area contributed by atoms with Gasteiger partial charge in [0.1, 0.15) is 0 Å². The summed E-state index contributed by atoms with van der Waals surface area (Å²) in [4.78, 5) is 26.0. The quantitative estimate of drug-likeness (QED) is 0.751. The minimum absolute atomic E-state index is 0.0166. The number of hydrogen-bond acceptors (Lipinski definition) is 4. The van der Waals surface area contributed by atoms with Crippen LogP contribution in [0.5, 0.6) is 0 Å². The number of hydrogen-bond donors (Lipinski definition) is 2. The third kappa shape index (κ3) is 2.17. The molecule has 0 unspecified atom stereocenters. The molecule has 3 rings (SSSR count). The molecule has 3 aromatic heterocycles. The highest BCUT2D eigenvalue weighted by Crippen LogP contribution is 2.22. The maximum Gasteiger partial charge on any atom is 0.337 e. The molecule has 21 heavy (non-hydrogen) atoms. The Kier molecular flexibility index (Phi) is 2.99. The fourth-order valence-corrected chi connectivity index (χ4v) is 2.25. The first-order valence-corrected chi connectivity index (χ1v) is 6.32. The summed E-state index contributed by atoms with van der Waals surface area (Å²) in [5.41, 5.74) is 1.03. The molecule has 0 saturated carbocycles. The van der Waals surface area contributed by atoms with Crippen LogP contribution in [-0.2, 0) is 0 Å². The maximum atomic E-state index is 12.0. The van der Waals surface area contributed by atoms with Gasteiger partial charge in [-0.15, -0.1) is 10.2 Å². The van der Waals surface area contributed by atoms with E-state index in [1.807, 2.05) is 0 Å². The van der Waals surface area contributed by atoms with Crippen LogP contribution in [0.2, 0.25) is 5.02 Å². The van der Waals surface area contributed by atoms with Gasteiger partial charge in [0.2, 0.25) is 0 Å². The van der Waals surface area contributed by atoms with Crippen LogP contribution in [-0.4, -0.2) is 30.7 Å². The molecule has 7 nitrogen and oxygen atoms in total. The van der Waals surface area contributed by atoms with E-state index < -0.39 is 5.97 Å². The monoisotopic (exact) mass is 304 g/mol. The number of nitrogens with one attached hydrogen (secondary N) is 1. The molecular formula is C13H9ClN4O3. The molecule has 106 valence electrons. The van der Waals surface area contributed by atoms with Crippen LogP contribution in [0.4, 0.5) is 0 Å². The lowest BCUT2D eigenvalue weighted by Gasteiger charge is -2.03. The van der Waals surface area contributed by atoms with Crippen molar-refractivity contribution >= 4 is 23.2 Å². The van der Waals surface area contributed by atoms with Crippen molar-refractivity contribution in [2.75, 3.05) is 0 Å². The zero-order chi connectivity index (χ0) is 15.1. The van der Waals surface area contributed by atoms with E-state index in [-0.39, 0.29) is 33.0 Å². The Balaban J connectivity index is 2.33. The predicted octanol–water partition coefficient (Wildman–Crippen LogP) is 1.74. The Bertz CT molecular complexity index is 929. The summed E-state index contributed by atoms with van der Waals surface area (Å²) in [5.74, 6) is -0.896. The first-order chi connectivity index (χ1) is 9.97. The second-order valence-electron chi connectivity index (χ2n) is 4.49. The van der Waals surface area contributed by atoms with Crippen molar-refractivity contribution < 1.29 is 9.90 Å². The van der Waals surface area contributed by atoms with E-state index in [2.05, 4.69) is 15.2 Å². The first kappa shape index (κ1) is 13.3. The van der Waals surface area contributed by atoms with Gasteiger partial charge in [-0.25, -0.2) is 4.79 Å². The third-order valence-corrected chi connectivity index (χ3v) is 3.28. The summed E-state index contributed by atoms with van der Waals surface area (Å²) in [6.45, 7) is 1.76. The molecule has 3 aromatic rings. The fraction of sp³-hybridized carbons (Fsp3) is 0.0769. The second-order valence-corrected chi connectivity index (χ2v) is 4.90. The number of aromatic carboxylic acids is 1. The molecule has 0 radical (unpaired) electrons. The van der Waals surface area contributed by atoms with Gasteiger partial charge in [0.25, 0.3) is 0 Å². The molecule has 8 heteroatoms. The van der Waals surface area contributed by atoms with Crippen LogP contribution in [0.15, 0.2) is 29.3 Å². The highest BCUT2D eigenvalue weighted by atomic mass is 35.5. The number of rotatable bonds is 2. The van der Waals surface area contributed by atoms with E-state index in [0.717, 1.165) is 0 Å². The van der Waals surface area contributed by atoms with E-state index in [9.17, 15) is 9.59 Å². The third-order valence-electron chi connectivity index (χ3n) is 3.00. The Hall–Kier alpha value is -2.67. The normalized spacial score (nSPS) is 11.0. The van der Waals surface area contributed by atoms with Gasteiger partial charge in [0, 0.05) is 24.2 Å². The molecule has 0 aliphatic carbocycles. The summed E-state index contributed by atoms with van der Waals surface area (Å²) >= 11 is 6.00. The SMILES string of the molecule is Cc1cc(=O)c(-c2nnc3c(Cl)cc(C(=O)O)cn23)c[nH]1. The molecule has 0 bridgehead atoms. The highest BCUT2D eigenvalue weighted by molar-refractivity contribution is 6.33. The van der Waals surface area contributed by atoms with E-state index in [0.29, 0.717) is 5.69 Å². The number of H-pyrrole nitrogens is 1. The van der Waals surface area contributed by atoms with Crippen molar-refractivity contribution in [1.29, 1.82) is 0 Å². The lowest BCUT2D eigenvalue weighted by Crippen LogP contribution is -2.08. The van der Waals surface area contributed by atoms with Gasteiger partial charge in [-0.3, -0.25) is 9.20 Å². The molecule has 3 heterocycles. The average molecular weight is 305 g/mol. The van der Waals surface area contributed by atoms with Crippen molar-refractivity contribution in [3.8, 4) is 11.4 Å². The predicted molar refractivity (Wildman–Crippen MR) is 75.8 cm³/mol. The number of halogens is 1. The van der Waals surface area contributed by atoms with E-state index in [4.69, 9.17) is 16.7 Å². The second kappa shape index (κ2) is 4.71. The van der Waals surface area contributed by atoms with E-state index in [1.165, 1.54) is 28.9 Å². The summed E-state index contributed by atoms with van der Waals surface area (Å²) in [5, 5.41) is 17.1. The van der Waals surface area contributed by atoms with Gasteiger partial charge in [-0.05, 0) is 13.0 Å². The lowest BCUT2D eigenvalue weighted by atomic mass is 10.2. The van der Waals surface area contributed by atoms with Gasteiger partial charge in [-0.1, -0.05) is 11.6 Å². The number of aromatic nitrogens is 4. The summed E-state index contributed by atoms with van der Waals surface area (Å²) in [6, 6.07) is 2.72. The van der Waals surface area contributed by atoms with Crippen LogP contribution in [0.1, 0.15) is 16.1 Å². The van der Waals surface area contributed by atoms with Gasteiger partial charge in [0.15, 0.2) is 16.9 Å². The van der Waals surface area contributed by atoms with Crippen molar-refractivity contribution in [2.45, 2.75) is 6.92 Å². The number of fused-ring (bicyclic) bond motifs is 1. The molecule has 0 spiro atoms. The van der Waals surface area contributed by atoms with Gasteiger partial charge in [-0.2, -0.15) is 0 Å². The number of carboxylic acid groups (broad SMARTS) is 1. The minimum Gasteiger partial charge on any atom is -0.478 e. The number of pyridine rings is 2. The largest absolute Gasteiger partial charge is 0.478 e. The standard InChI is InChI=1S/C13H9ClN4O3/c1-6-2-10(19)8(4-15-6)11-16-17-12-9(14)3-7(13(20)21)5-18(11)12/h2-5H,1H3,(H,15,19)(H,20,21). The Morgan fingerprint density at radius 3 is 2.81 bits per heavy atom. The Labute approximate surface area is 122 Å². The molecule has 0 fully saturated rings. The van der Waals surface area contributed by atoms with Gasteiger partial charge >= 0.3 is 5.97 Å². The van der Waals surface area contributed by atoms with Gasteiger partial charge in [0.05, 0.1) is 16.1 Å². The van der Waals surface area contributed by atoms with Crippen molar-refractivity contribution in [1.82, 2.24) is 19.6 Å². The molecule has 0 saturated heterocycles. The number of carbonyl (C=O) groups is 1. The summed E-state index contributed by atoms with van der Waals surface area (Å²) in [7, 11) is 0. The zero-order valence-electron chi connectivity index (χ0n) is 10.8. The fourth-order valence-electron chi connectivity index (χ4n) is 2.00. The Morgan fingerprint density at radius 2 is 2.14 bits per heavy atom. The van der Waals surface area contributed by atoms with Crippen LogP contribution in [0, 0.1) is 6.92 Å². The number of nitrogens with zero attached hydrogens (tertiary/aromatic N) is 3. The molecule has 0 amide bonds.